The van der Waals surface area contributed by atoms with Crippen LogP contribution in [-0.2, 0) is 15.7 Å². The van der Waals surface area contributed by atoms with Crippen LogP contribution in [-0.4, -0.2) is 20.3 Å². The second-order valence-corrected chi connectivity index (χ2v) is 3.92. The van der Waals surface area contributed by atoms with E-state index in [1.54, 1.807) is 0 Å². The van der Waals surface area contributed by atoms with E-state index < -0.39 is 0 Å². The molecular weight excluding hydrogens is 199 g/mol. The highest BCUT2D eigenvalue weighted by Crippen LogP contribution is 2.05. The number of benzene rings is 1. The summed E-state index contributed by atoms with van der Waals surface area (Å²) in [5.41, 5.74) is 1.37. The van der Waals surface area contributed by atoms with Gasteiger partial charge in [0.15, 0.2) is 0 Å². The Morgan fingerprint density at radius 1 is 1.12 bits per heavy atom. The van der Waals surface area contributed by atoms with Crippen molar-refractivity contribution in [3.8, 4) is 0 Å². The normalized spacial score (nSPS) is 16.9. The molecule has 0 amide bonds. The van der Waals surface area contributed by atoms with E-state index in [0.29, 0.717) is 0 Å². The average Bonchev–Trinajstić information content (AvgIpc) is 2.37. The van der Waals surface area contributed by atoms with Crippen LogP contribution in [0.2, 0.25) is 0 Å². The lowest BCUT2D eigenvalue weighted by atomic mass is 9.88. The quantitative estimate of drug-likeness (QED) is 0.720. The van der Waals surface area contributed by atoms with E-state index in [9.17, 15) is 0 Å². The molecule has 2 rings (SSSR count). The zero-order chi connectivity index (χ0) is 11.1. The predicted octanol–water partition coefficient (Wildman–Crippen LogP) is 2.64. The molecule has 1 fully saturated rings. The van der Waals surface area contributed by atoms with E-state index in [0.717, 1.165) is 32.5 Å². The van der Waals surface area contributed by atoms with Crippen molar-refractivity contribution in [2.24, 2.45) is 0 Å². The lowest BCUT2D eigenvalue weighted by Gasteiger charge is -2.16. The van der Waals surface area contributed by atoms with Crippen LogP contribution in [0.3, 0.4) is 0 Å². The Hall–Kier alpha value is -1.06. The van der Waals surface area contributed by atoms with Crippen molar-refractivity contribution in [3.63, 3.8) is 0 Å². The summed E-state index contributed by atoms with van der Waals surface area (Å²) >= 11 is 0. The first-order valence-corrected chi connectivity index (χ1v) is 5.89. The molecule has 0 atom stereocenters. The van der Waals surface area contributed by atoms with Crippen LogP contribution in [0, 0.1) is 0 Å². The summed E-state index contributed by atoms with van der Waals surface area (Å²) in [5.74, 6) is 2.02. The van der Waals surface area contributed by atoms with E-state index in [4.69, 9.17) is 9.31 Å². The van der Waals surface area contributed by atoms with Gasteiger partial charge in [0, 0.05) is 13.2 Å². The van der Waals surface area contributed by atoms with E-state index in [1.807, 2.05) is 12.0 Å². The van der Waals surface area contributed by atoms with Crippen molar-refractivity contribution in [2.45, 2.75) is 19.3 Å². The van der Waals surface area contributed by atoms with Crippen LogP contribution >= 0.6 is 0 Å². The minimum atomic E-state index is -0.121. The fraction of sp³-hybridized carbons (Fsp3) is 0.385. The molecule has 2 nitrogen and oxygen atoms in total. The molecule has 1 heterocycles. The van der Waals surface area contributed by atoms with E-state index >= 15 is 0 Å². The van der Waals surface area contributed by atoms with E-state index in [1.165, 1.54) is 5.56 Å². The molecule has 16 heavy (non-hydrogen) atoms. The Kier molecular flexibility index (Phi) is 4.65. The van der Waals surface area contributed by atoms with Gasteiger partial charge in [-0.2, -0.15) is 0 Å². The molecule has 0 spiro atoms. The summed E-state index contributed by atoms with van der Waals surface area (Å²) in [6, 6.07) is 10.5. The Labute approximate surface area is 97.4 Å². The van der Waals surface area contributed by atoms with E-state index in [-0.39, 0.29) is 7.12 Å². The average molecular weight is 216 g/mol. The largest absolute Gasteiger partial charge is 0.485 e. The molecule has 1 aromatic carbocycles. The summed E-state index contributed by atoms with van der Waals surface area (Å²) in [7, 11) is -0.121. The summed E-state index contributed by atoms with van der Waals surface area (Å²) < 4.78 is 10.8. The molecule has 1 saturated heterocycles. The van der Waals surface area contributed by atoms with Gasteiger partial charge < -0.3 is 9.31 Å². The summed E-state index contributed by atoms with van der Waals surface area (Å²) in [5, 5.41) is 0. The zero-order valence-corrected chi connectivity index (χ0v) is 9.47. The van der Waals surface area contributed by atoms with Gasteiger partial charge in [0.2, 0.25) is 0 Å². The van der Waals surface area contributed by atoms with E-state index in [2.05, 4.69) is 30.3 Å². The molecule has 1 aliphatic heterocycles. The molecule has 0 aliphatic carbocycles. The van der Waals surface area contributed by atoms with Gasteiger partial charge in [-0.25, -0.2) is 0 Å². The molecular formula is C13H17BO2. The van der Waals surface area contributed by atoms with Gasteiger partial charge in [-0.15, -0.1) is 0 Å². The minimum absolute atomic E-state index is 0.121. The monoisotopic (exact) mass is 216 g/mol. The Morgan fingerprint density at radius 3 is 2.62 bits per heavy atom. The first kappa shape index (κ1) is 11.4. The number of hydrogen-bond acceptors (Lipinski definition) is 2. The van der Waals surface area contributed by atoms with Crippen LogP contribution in [0.4, 0.5) is 0 Å². The Balaban J connectivity index is 1.69. The molecule has 0 bridgehead atoms. The molecule has 0 saturated carbocycles. The maximum absolute atomic E-state index is 5.42. The summed E-state index contributed by atoms with van der Waals surface area (Å²) in [6.45, 7) is 1.63. The summed E-state index contributed by atoms with van der Waals surface area (Å²) in [6.07, 6.45) is 5.26. The van der Waals surface area contributed by atoms with Gasteiger partial charge in [0.05, 0.1) is 0 Å². The maximum Gasteiger partial charge on any atom is 0.485 e. The fourth-order valence-electron chi connectivity index (χ4n) is 1.72. The van der Waals surface area contributed by atoms with Crippen molar-refractivity contribution in [1.29, 1.82) is 0 Å². The topological polar surface area (TPSA) is 18.5 Å². The molecule has 0 N–H and O–H groups in total. The standard InChI is InChI=1S/C13H17BO2/c1-2-7-13(8-3-1)9-4-5-10-14-15-11-6-12-16-14/h1-3,5,7-8,10H,4,6,9,11-12H2/b10-5-. The third-order valence-corrected chi connectivity index (χ3v) is 2.59. The van der Waals surface area contributed by atoms with Crippen molar-refractivity contribution in [2.75, 3.05) is 13.2 Å². The Morgan fingerprint density at radius 2 is 1.88 bits per heavy atom. The van der Waals surface area contributed by atoms with Crippen LogP contribution in [0.15, 0.2) is 42.4 Å². The van der Waals surface area contributed by atoms with Gasteiger partial charge in [-0.3, -0.25) is 0 Å². The second-order valence-electron chi connectivity index (χ2n) is 3.92. The fourth-order valence-corrected chi connectivity index (χ4v) is 1.72. The third-order valence-electron chi connectivity index (χ3n) is 2.59. The first-order valence-electron chi connectivity index (χ1n) is 5.89. The molecule has 0 radical (unpaired) electrons. The molecule has 0 aromatic heterocycles. The number of rotatable bonds is 4. The first-order chi connectivity index (χ1) is 7.95. The number of aryl methyl sites for hydroxylation is 1. The number of hydrogen-bond donors (Lipinski definition) is 0. The van der Waals surface area contributed by atoms with Crippen molar-refractivity contribution in [3.05, 3.63) is 47.9 Å². The third kappa shape index (κ3) is 3.84. The smallest absolute Gasteiger partial charge is 0.408 e. The van der Waals surface area contributed by atoms with Gasteiger partial charge in [0.1, 0.15) is 0 Å². The van der Waals surface area contributed by atoms with Crippen molar-refractivity contribution in [1.82, 2.24) is 0 Å². The van der Waals surface area contributed by atoms with Crippen molar-refractivity contribution >= 4 is 7.12 Å². The highest BCUT2D eigenvalue weighted by Gasteiger charge is 2.17. The van der Waals surface area contributed by atoms with Crippen LogP contribution < -0.4 is 0 Å². The minimum Gasteiger partial charge on any atom is -0.408 e. The SMILES string of the molecule is C(=C/B1OCCCO1)/CCc1ccccc1. The van der Waals surface area contributed by atoms with Gasteiger partial charge in [0.25, 0.3) is 0 Å². The highest BCUT2D eigenvalue weighted by atomic mass is 16.6. The molecule has 3 heteroatoms. The lowest BCUT2D eigenvalue weighted by molar-refractivity contribution is 0.142. The molecule has 0 unspecified atom stereocenters. The predicted molar refractivity (Wildman–Crippen MR) is 66.2 cm³/mol. The zero-order valence-electron chi connectivity index (χ0n) is 9.47. The second kappa shape index (κ2) is 6.51. The van der Waals surface area contributed by atoms with Crippen LogP contribution in [0.1, 0.15) is 18.4 Å². The molecule has 1 aromatic rings. The lowest BCUT2D eigenvalue weighted by Crippen LogP contribution is -2.27. The molecule has 84 valence electrons. The van der Waals surface area contributed by atoms with Gasteiger partial charge in [-0.05, 0) is 24.8 Å². The highest BCUT2D eigenvalue weighted by molar-refractivity contribution is 6.50. The summed E-state index contributed by atoms with van der Waals surface area (Å²) in [4.78, 5) is 0. The van der Waals surface area contributed by atoms with Gasteiger partial charge in [-0.1, -0.05) is 42.4 Å². The Bertz CT molecular complexity index is 318. The molecule has 1 aliphatic rings. The van der Waals surface area contributed by atoms with Gasteiger partial charge >= 0.3 is 7.12 Å². The van der Waals surface area contributed by atoms with Crippen molar-refractivity contribution < 1.29 is 9.31 Å². The number of allylic oxidation sites excluding steroid dienone is 1. The van der Waals surface area contributed by atoms with Crippen LogP contribution in [0.25, 0.3) is 0 Å². The maximum atomic E-state index is 5.42. The van der Waals surface area contributed by atoms with Crippen LogP contribution in [0.5, 0.6) is 0 Å².